The van der Waals surface area contributed by atoms with Crippen LogP contribution in [0.5, 0.6) is 5.75 Å². The van der Waals surface area contributed by atoms with Crippen molar-refractivity contribution in [2.24, 2.45) is 0 Å². The van der Waals surface area contributed by atoms with Crippen molar-refractivity contribution in [1.29, 1.82) is 0 Å². The topological polar surface area (TPSA) is 125 Å². The Morgan fingerprint density at radius 3 is 2.73 bits per heavy atom. The third-order valence-corrected chi connectivity index (χ3v) is 6.27. The molecule has 1 aromatic carbocycles. The van der Waals surface area contributed by atoms with E-state index in [9.17, 15) is 31.9 Å². The van der Waals surface area contributed by atoms with Gasteiger partial charge in [-0.3, -0.25) is 10.1 Å². The van der Waals surface area contributed by atoms with Gasteiger partial charge in [-0.2, -0.15) is 0 Å². The highest BCUT2D eigenvalue weighted by atomic mass is 32.2. The van der Waals surface area contributed by atoms with Crippen molar-refractivity contribution < 1.29 is 36.6 Å². The number of alkyl halides is 1. The maximum Gasteiger partial charge on any atom is 0.324 e. The van der Waals surface area contributed by atoms with Crippen molar-refractivity contribution in [3.63, 3.8) is 0 Å². The first-order valence-corrected chi connectivity index (χ1v) is 12.1. The highest BCUT2D eigenvalue weighted by Crippen LogP contribution is 2.29. The Morgan fingerprint density at radius 1 is 1.36 bits per heavy atom. The van der Waals surface area contributed by atoms with Crippen molar-refractivity contribution in [2.75, 3.05) is 32.0 Å². The van der Waals surface area contributed by atoms with E-state index in [4.69, 9.17) is 4.74 Å². The second-order valence-corrected chi connectivity index (χ2v) is 9.60. The highest BCUT2D eigenvalue weighted by molar-refractivity contribution is 7.89. The van der Waals surface area contributed by atoms with E-state index >= 15 is 0 Å². The zero-order chi connectivity index (χ0) is 24.6. The van der Waals surface area contributed by atoms with E-state index in [1.165, 1.54) is 36.1 Å². The number of imide groups is 1. The summed E-state index contributed by atoms with van der Waals surface area (Å²) >= 11 is 0. The minimum Gasteiger partial charge on any atom is -0.487 e. The molecule has 3 N–H and O–H groups in total. The van der Waals surface area contributed by atoms with Crippen molar-refractivity contribution in [1.82, 2.24) is 14.9 Å². The lowest BCUT2D eigenvalue weighted by molar-refractivity contribution is -0.121. The second kappa shape index (κ2) is 11.5. The third-order valence-electron chi connectivity index (χ3n) is 5.06. The molecule has 0 bridgehead atoms. The van der Waals surface area contributed by atoms with Crippen LogP contribution in [0, 0.1) is 5.82 Å². The standard InChI is InChI=1S/C21H29F2N3O6S/c1-3-21(29,16-6-7-17(23)18(12-16)32-13-15(2)22)14-24-33(30,31)11-5-4-9-26-10-8-19(27)25-20(26)28/h4-7,12,15,24,29H,3,8-11,13-14H2,1-2H3,(H,25,27,28)/b5-4+/t15?,21-/m1/s1. The van der Waals surface area contributed by atoms with Gasteiger partial charge in [-0.15, -0.1) is 0 Å². The highest BCUT2D eigenvalue weighted by Gasteiger charge is 2.30. The van der Waals surface area contributed by atoms with Crippen LogP contribution in [0.2, 0.25) is 0 Å². The Labute approximate surface area is 191 Å². The van der Waals surface area contributed by atoms with Gasteiger partial charge in [0.1, 0.15) is 18.4 Å². The molecule has 1 heterocycles. The summed E-state index contributed by atoms with van der Waals surface area (Å²) in [6.07, 6.45) is 1.83. The molecule has 1 saturated heterocycles. The van der Waals surface area contributed by atoms with Gasteiger partial charge in [0.05, 0.1) is 5.75 Å². The van der Waals surface area contributed by atoms with Crippen LogP contribution in [-0.4, -0.2) is 68.5 Å². The SMILES string of the molecule is CC[C@@](O)(CNS(=O)(=O)C/C=C/CN1CCC(=O)NC1=O)c1ccc(F)c(OCC(C)F)c1. The maximum absolute atomic E-state index is 13.9. The number of nitrogens with zero attached hydrogens (tertiary/aromatic N) is 1. The van der Waals surface area contributed by atoms with Crippen molar-refractivity contribution >= 4 is 22.0 Å². The van der Waals surface area contributed by atoms with Gasteiger partial charge in [-0.25, -0.2) is 26.7 Å². The molecule has 184 valence electrons. The predicted molar refractivity (Wildman–Crippen MR) is 117 cm³/mol. The van der Waals surface area contributed by atoms with Gasteiger partial charge in [-0.1, -0.05) is 25.1 Å². The molecule has 0 aromatic heterocycles. The molecule has 0 radical (unpaired) electrons. The molecule has 2 rings (SSSR count). The molecule has 1 aliphatic heterocycles. The average Bonchev–Trinajstić information content (AvgIpc) is 2.75. The smallest absolute Gasteiger partial charge is 0.324 e. The quantitative estimate of drug-likeness (QED) is 0.383. The fraction of sp³-hybridized carbons (Fsp3) is 0.524. The first-order chi connectivity index (χ1) is 15.5. The lowest BCUT2D eigenvalue weighted by atomic mass is 9.91. The lowest BCUT2D eigenvalue weighted by Crippen LogP contribution is -2.49. The Kier molecular flexibility index (Phi) is 9.32. The summed E-state index contributed by atoms with van der Waals surface area (Å²) in [6.45, 7) is 2.55. The molecule has 3 amide bonds. The van der Waals surface area contributed by atoms with E-state index in [0.717, 1.165) is 6.07 Å². The van der Waals surface area contributed by atoms with E-state index in [0.29, 0.717) is 0 Å². The molecule has 1 unspecified atom stereocenters. The van der Waals surface area contributed by atoms with E-state index in [1.807, 2.05) is 0 Å². The summed E-state index contributed by atoms with van der Waals surface area (Å²) < 4.78 is 59.1. The summed E-state index contributed by atoms with van der Waals surface area (Å²) in [5.74, 6) is -1.71. The van der Waals surface area contributed by atoms with Crippen LogP contribution in [0.3, 0.4) is 0 Å². The fourth-order valence-corrected chi connectivity index (χ4v) is 3.96. The largest absolute Gasteiger partial charge is 0.487 e. The van der Waals surface area contributed by atoms with E-state index in [1.54, 1.807) is 6.92 Å². The number of carbonyl (C=O) groups excluding carboxylic acids is 2. The Hall–Kier alpha value is -2.57. The summed E-state index contributed by atoms with van der Waals surface area (Å²) in [6, 6.07) is 3.07. The van der Waals surface area contributed by atoms with Crippen LogP contribution in [0.15, 0.2) is 30.4 Å². The fourth-order valence-electron chi connectivity index (χ4n) is 3.00. The molecule has 12 heteroatoms. The molecule has 0 saturated carbocycles. The predicted octanol–water partition coefficient (Wildman–Crippen LogP) is 1.58. The summed E-state index contributed by atoms with van der Waals surface area (Å²) in [7, 11) is -3.82. The van der Waals surface area contributed by atoms with Gasteiger partial charge in [0.2, 0.25) is 15.9 Å². The molecule has 33 heavy (non-hydrogen) atoms. The number of carbonyl (C=O) groups is 2. The zero-order valence-electron chi connectivity index (χ0n) is 18.5. The molecule has 9 nitrogen and oxygen atoms in total. The number of rotatable bonds is 12. The molecular weight excluding hydrogens is 460 g/mol. The van der Waals surface area contributed by atoms with Gasteiger partial charge in [0.25, 0.3) is 0 Å². The first kappa shape index (κ1) is 26.7. The number of benzene rings is 1. The third kappa shape index (κ3) is 8.06. The molecule has 0 aliphatic carbocycles. The molecule has 1 aliphatic rings. The molecule has 0 spiro atoms. The minimum atomic E-state index is -3.82. The van der Waals surface area contributed by atoms with Crippen LogP contribution >= 0.6 is 0 Å². The number of hydrogen-bond donors (Lipinski definition) is 3. The van der Waals surface area contributed by atoms with Crippen LogP contribution in [0.4, 0.5) is 13.6 Å². The molecule has 2 atom stereocenters. The first-order valence-electron chi connectivity index (χ1n) is 10.5. The van der Waals surface area contributed by atoms with Gasteiger partial charge >= 0.3 is 6.03 Å². The molecular formula is C21H29F2N3O6S. The normalized spacial score (nSPS) is 17.7. The lowest BCUT2D eigenvalue weighted by Gasteiger charge is -2.28. The zero-order valence-corrected chi connectivity index (χ0v) is 19.3. The van der Waals surface area contributed by atoms with Crippen LogP contribution in [0.1, 0.15) is 32.3 Å². The van der Waals surface area contributed by atoms with Crippen molar-refractivity contribution in [2.45, 2.75) is 38.5 Å². The Bertz CT molecular complexity index is 986. The Balaban J connectivity index is 1.96. The summed E-state index contributed by atoms with van der Waals surface area (Å²) in [4.78, 5) is 24.1. The summed E-state index contributed by atoms with van der Waals surface area (Å²) in [5, 5.41) is 13.1. The number of hydrogen-bond acceptors (Lipinski definition) is 6. The second-order valence-electron chi connectivity index (χ2n) is 7.75. The van der Waals surface area contributed by atoms with Crippen LogP contribution < -0.4 is 14.8 Å². The number of halogens is 2. The molecule has 1 aromatic rings. The summed E-state index contributed by atoms with van der Waals surface area (Å²) in [5.41, 5.74) is -1.43. The van der Waals surface area contributed by atoms with E-state index in [-0.39, 0.29) is 56.3 Å². The van der Waals surface area contributed by atoms with Crippen molar-refractivity contribution in [3.8, 4) is 5.75 Å². The number of amides is 3. The number of urea groups is 1. The molecule has 1 fully saturated rings. The number of ether oxygens (including phenoxy) is 1. The number of sulfonamides is 1. The average molecular weight is 490 g/mol. The van der Waals surface area contributed by atoms with Gasteiger partial charge in [-0.05, 0) is 31.0 Å². The van der Waals surface area contributed by atoms with Gasteiger partial charge in [0, 0.05) is 26.1 Å². The van der Waals surface area contributed by atoms with E-state index < -0.39 is 39.4 Å². The van der Waals surface area contributed by atoms with Gasteiger partial charge < -0.3 is 14.7 Å². The minimum absolute atomic E-state index is 0.110. The van der Waals surface area contributed by atoms with Crippen LogP contribution in [0.25, 0.3) is 0 Å². The number of aliphatic hydroxyl groups is 1. The number of nitrogens with one attached hydrogen (secondary N) is 2. The Morgan fingerprint density at radius 2 is 2.09 bits per heavy atom. The van der Waals surface area contributed by atoms with Gasteiger partial charge in [0.15, 0.2) is 11.6 Å². The van der Waals surface area contributed by atoms with Crippen LogP contribution in [-0.2, 0) is 20.4 Å². The monoisotopic (exact) mass is 489 g/mol. The van der Waals surface area contributed by atoms with E-state index in [2.05, 4.69) is 10.0 Å². The van der Waals surface area contributed by atoms with Crippen molar-refractivity contribution in [3.05, 3.63) is 41.7 Å². The maximum atomic E-state index is 13.9.